The van der Waals surface area contributed by atoms with Crippen molar-refractivity contribution in [3.8, 4) is 10.4 Å². The predicted molar refractivity (Wildman–Crippen MR) is 85.0 cm³/mol. The third-order valence-electron chi connectivity index (χ3n) is 4.63. The predicted octanol–water partition coefficient (Wildman–Crippen LogP) is 5.76. The summed E-state index contributed by atoms with van der Waals surface area (Å²) in [5.41, 5.74) is 5.16. The molecule has 0 spiro atoms. The molecule has 19 heavy (non-hydrogen) atoms. The topological polar surface area (TPSA) is 0 Å². The van der Waals surface area contributed by atoms with E-state index in [9.17, 15) is 0 Å². The molecule has 0 radical (unpaired) electrons. The van der Waals surface area contributed by atoms with Crippen LogP contribution in [0.15, 0.2) is 35.7 Å². The summed E-state index contributed by atoms with van der Waals surface area (Å²) in [4.78, 5) is 1.41. The molecule has 0 saturated carbocycles. The zero-order chi connectivity index (χ0) is 13.7. The molecule has 0 bridgehead atoms. The van der Waals surface area contributed by atoms with Crippen LogP contribution in [-0.4, -0.2) is 0 Å². The maximum Gasteiger partial charge on any atom is 0.0345 e. The molecule has 100 valence electrons. The number of benzene rings is 1. The van der Waals surface area contributed by atoms with Crippen molar-refractivity contribution in [1.82, 2.24) is 0 Å². The first kappa shape index (κ1) is 12.9. The van der Waals surface area contributed by atoms with Crippen molar-refractivity contribution in [3.63, 3.8) is 0 Å². The van der Waals surface area contributed by atoms with Gasteiger partial charge in [-0.05, 0) is 51.8 Å². The van der Waals surface area contributed by atoms with Gasteiger partial charge in [-0.15, -0.1) is 11.3 Å². The van der Waals surface area contributed by atoms with E-state index in [0.717, 1.165) is 0 Å². The highest BCUT2D eigenvalue weighted by Crippen LogP contribution is 2.49. The summed E-state index contributed by atoms with van der Waals surface area (Å²) in [7, 11) is 0. The van der Waals surface area contributed by atoms with Gasteiger partial charge in [0.2, 0.25) is 0 Å². The molecule has 3 rings (SSSR count). The Hall–Kier alpha value is -1.08. The van der Waals surface area contributed by atoms with Crippen LogP contribution in [0.1, 0.15) is 51.7 Å². The van der Waals surface area contributed by atoms with E-state index < -0.39 is 0 Å². The Morgan fingerprint density at radius 1 is 0.895 bits per heavy atom. The fourth-order valence-corrected chi connectivity index (χ4v) is 4.13. The molecule has 1 aromatic carbocycles. The molecule has 1 heteroatoms. The van der Waals surface area contributed by atoms with E-state index in [1.807, 2.05) is 11.3 Å². The summed E-state index contributed by atoms with van der Waals surface area (Å²) in [6.07, 6.45) is 2.55. The molecule has 0 amide bonds. The fourth-order valence-electron chi connectivity index (χ4n) is 3.37. The SMILES string of the molecule is CC1(C)CCC(C)(C)c2c(-c3cccs3)cccc21. The van der Waals surface area contributed by atoms with Crippen LogP contribution >= 0.6 is 11.3 Å². The van der Waals surface area contributed by atoms with Crippen molar-refractivity contribution in [2.45, 2.75) is 51.4 Å². The molecule has 1 aliphatic carbocycles. The van der Waals surface area contributed by atoms with Crippen molar-refractivity contribution in [3.05, 3.63) is 46.8 Å². The molecular weight excluding hydrogens is 248 g/mol. The second-order valence-electron chi connectivity index (χ2n) is 6.97. The average Bonchev–Trinajstić information content (AvgIpc) is 2.88. The Labute approximate surface area is 120 Å². The summed E-state index contributed by atoms with van der Waals surface area (Å²) in [6.45, 7) is 9.58. The molecule has 0 nitrogen and oxygen atoms in total. The average molecular weight is 270 g/mol. The largest absolute Gasteiger partial charge is 0.144 e. The van der Waals surface area contributed by atoms with Crippen LogP contribution in [-0.2, 0) is 10.8 Å². The zero-order valence-electron chi connectivity index (χ0n) is 12.3. The van der Waals surface area contributed by atoms with Gasteiger partial charge in [-0.1, -0.05) is 52.0 Å². The van der Waals surface area contributed by atoms with Gasteiger partial charge in [-0.2, -0.15) is 0 Å². The lowest BCUT2D eigenvalue weighted by molar-refractivity contribution is 0.333. The number of hydrogen-bond donors (Lipinski definition) is 0. The van der Waals surface area contributed by atoms with Gasteiger partial charge in [0.1, 0.15) is 0 Å². The van der Waals surface area contributed by atoms with E-state index in [1.165, 1.54) is 23.3 Å². The maximum absolute atomic E-state index is 2.40. The molecule has 2 aromatic rings. The van der Waals surface area contributed by atoms with E-state index in [1.54, 1.807) is 11.1 Å². The van der Waals surface area contributed by atoms with E-state index in [4.69, 9.17) is 0 Å². The van der Waals surface area contributed by atoms with Crippen molar-refractivity contribution >= 4 is 11.3 Å². The van der Waals surface area contributed by atoms with Gasteiger partial charge in [-0.3, -0.25) is 0 Å². The molecule has 0 saturated heterocycles. The van der Waals surface area contributed by atoms with Gasteiger partial charge in [0, 0.05) is 4.88 Å². The third kappa shape index (κ3) is 2.04. The van der Waals surface area contributed by atoms with Crippen LogP contribution in [0.25, 0.3) is 10.4 Å². The third-order valence-corrected chi connectivity index (χ3v) is 5.54. The Bertz CT molecular complexity index is 588. The Balaban J connectivity index is 2.30. The lowest BCUT2D eigenvalue weighted by Crippen LogP contribution is -2.34. The van der Waals surface area contributed by atoms with Crippen LogP contribution in [0, 0.1) is 0 Å². The number of hydrogen-bond acceptors (Lipinski definition) is 1. The number of rotatable bonds is 1. The number of thiophene rings is 1. The lowest BCUT2D eigenvalue weighted by Gasteiger charge is -2.43. The molecule has 0 aliphatic heterocycles. The first-order chi connectivity index (χ1) is 8.92. The minimum Gasteiger partial charge on any atom is -0.144 e. The molecule has 1 heterocycles. The van der Waals surface area contributed by atoms with Crippen LogP contribution < -0.4 is 0 Å². The summed E-state index contributed by atoms with van der Waals surface area (Å²) in [5, 5.41) is 2.18. The second-order valence-corrected chi connectivity index (χ2v) is 7.92. The summed E-state index contributed by atoms with van der Waals surface area (Å²) < 4.78 is 0. The van der Waals surface area contributed by atoms with Gasteiger partial charge in [0.05, 0.1) is 0 Å². The van der Waals surface area contributed by atoms with E-state index >= 15 is 0 Å². The summed E-state index contributed by atoms with van der Waals surface area (Å²) in [6, 6.07) is 11.3. The van der Waals surface area contributed by atoms with E-state index in [2.05, 4.69) is 63.4 Å². The van der Waals surface area contributed by atoms with Gasteiger partial charge >= 0.3 is 0 Å². The van der Waals surface area contributed by atoms with Crippen molar-refractivity contribution in [2.75, 3.05) is 0 Å². The van der Waals surface area contributed by atoms with E-state index in [-0.39, 0.29) is 5.41 Å². The van der Waals surface area contributed by atoms with Crippen molar-refractivity contribution in [1.29, 1.82) is 0 Å². The molecule has 0 N–H and O–H groups in total. The van der Waals surface area contributed by atoms with Crippen molar-refractivity contribution in [2.24, 2.45) is 0 Å². The van der Waals surface area contributed by atoms with Gasteiger partial charge in [-0.25, -0.2) is 0 Å². The zero-order valence-corrected chi connectivity index (χ0v) is 13.1. The Kier molecular flexibility index (Phi) is 2.86. The highest BCUT2D eigenvalue weighted by molar-refractivity contribution is 7.13. The highest BCUT2D eigenvalue weighted by Gasteiger charge is 2.38. The quantitative estimate of drug-likeness (QED) is 0.617. The minimum absolute atomic E-state index is 0.283. The molecule has 1 aliphatic rings. The Morgan fingerprint density at radius 3 is 2.32 bits per heavy atom. The van der Waals surface area contributed by atoms with Gasteiger partial charge in [0.25, 0.3) is 0 Å². The molecule has 0 fully saturated rings. The molecular formula is C18H22S. The van der Waals surface area contributed by atoms with Gasteiger partial charge in [0.15, 0.2) is 0 Å². The minimum atomic E-state index is 0.283. The second kappa shape index (κ2) is 4.21. The van der Waals surface area contributed by atoms with Gasteiger partial charge < -0.3 is 0 Å². The van der Waals surface area contributed by atoms with Crippen molar-refractivity contribution < 1.29 is 0 Å². The monoisotopic (exact) mass is 270 g/mol. The maximum atomic E-state index is 2.40. The highest BCUT2D eigenvalue weighted by atomic mass is 32.1. The summed E-state index contributed by atoms with van der Waals surface area (Å²) >= 11 is 1.85. The molecule has 0 atom stereocenters. The van der Waals surface area contributed by atoms with Crippen LogP contribution in [0.2, 0.25) is 0 Å². The first-order valence-electron chi connectivity index (χ1n) is 7.10. The summed E-state index contributed by atoms with van der Waals surface area (Å²) in [5.74, 6) is 0. The smallest absolute Gasteiger partial charge is 0.0345 e. The molecule has 1 aromatic heterocycles. The van der Waals surface area contributed by atoms with E-state index in [0.29, 0.717) is 5.41 Å². The number of fused-ring (bicyclic) bond motifs is 1. The molecule has 0 unspecified atom stereocenters. The lowest BCUT2D eigenvalue weighted by atomic mass is 9.62. The normalized spacial score (nSPS) is 20.0. The van der Waals surface area contributed by atoms with Crippen LogP contribution in [0.5, 0.6) is 0 Å². The standard InChI is InChI=1S/C18H22S/c1-17(2)10-11-18(3,4)16-13(7-5-8-14(16)17)15-9-6-12-19-15/h5-9,12H,10-11H2,1-4H3. The van der Waals surface area contributed by atoms with Crippen LogP contribution in [0.4, 0.5) is 0 Å². The van der Waals surface area contributed by atoms with Crippen LogP contribution in [0.3, 0.4) is 0 Å². The first-order valence-corrected chi connectivity index (χ1v) is 7.98. The Morgan fingerprint density at radius 2 is 1.63 bits per heavy atom. The fraction of sp³-hybridized carbons (Fsp3) is 0.444.